The average Bonchev–Trinajstić information content (AvgIpc) is 2.55. The van der Waals surface area contributed by atoms with E-state index in [1.54, 1.807) is 7.11 Å². The van der Waals surface area contributed by atoms with E-state index in [1.807, 2.05) is 0 Å². The predicted molar refractivity (Wildman–Crippen MR) is 69.7 cm³/mol. The maximum Gasteiger partial charge on any atom is 0.0499 e. The fraction of sp³-hybridized carbons (Fsp3) is 1.00. The molecular weight excluding hydrogens is 198 g/mol. The third kappa shape index (κ3) is 5.31. The van der Waals surface area contributed by atoms with Crippen LogP contribution in [-0.4, -0.2) is 26.3 Å². The van der Waals surface area contributed by atoms with Gasteiger partial charge in [-0.05, 0) is 31.6 Å². The molecule has 2 heteroatoms. The van der Waals surface area contributed by atoms with Crippen molar-refractivity contribution in [3.8, 4) is 0 Å². The SMILES string of the molecule is COCC(C)CN[C@@H](C)C1CCCCCC1. The lowest BCUT2D eigenvalue weighted by Crippen LogP contribution is -2.37. The number of ether oxygens (including phenoxy) is 1. The van der Waals surface area contributed by atoms with Gasteiger partial charge in [0.05, 0.1) is 0 Å². The molecule has 1 aliphatic rings. The topological polar surface area (TPSA) is 21.3 Å². The summed E-state index contributed by atoms with van der Waals surface area (Å²) in [5.74, 6) is 1.52. The Labute approximate surface area is 101 Å². The summed E-state index contributed by atoms with van der Waals surface area (Å²) in [4.78, 5) is 0. The number of nitrogens with one attached hydrogen (secondary N) is 1. The van der Waals surface area contributed by atoms with Gasteiger partial charge < -0.3 is 10.1 Å². The van der Waals surface area contributed by atoms with Crippen molar-refractivity contribution in [1.82, 2.24) is 5.32 Å². The zero-order valence-electron chi connectivity index (χ0n) is 11.3. The monoisotopic (exact) mass is 227 g/mol. The zero-order valence-corrected chi connectivity index (χ0v) is 11.3. The molecule has 0 radical (unpaired) electrons. The molecule has 0 bridgehead atoms. The standard InChI is InChI=1S/C14H29NO/c1-12(11-16-3)10-15-13(2)14-8-6-4-5-7-9-14/h12-15H,4-11H2,1-3H3/t12?,13-/m0/s1. The minimum absolute atomic E-state index is 0.623. The molecule has 1 rings (SSSR count). The molecule has 1 fully saturated rings. The van der Waals surface area contributed by atoms with Crippen LogP contribution in [0, 0.1) is 11.8 Å². The lowest BCUT2D eigenvalue weighted by atomic mass is 9.93. The van der Waals surface area contributed by atoms with Crippen molar-refractivity contribution in [1.29, 1.82) is 0 Å². The number of rotatable bonds is 6. The normalized spacial score (nSPS) is 22.7. The highest BCUT2D eigenvalue weighted by molar-refractivity contribution is 4.75. The maximum absolute atomic E-state index is 5.16. The summed E-state index contributed by atoms with van der Waals surface area (Å²) in [5, 5.41) is 3.68. The van der Waals surface area contributed by atoms with Crippen LogP contribution < -0.4 is 5.32 Å². The lowest BCUT2D eigenvalue weighted by molar-refractivity contribution is 0.154. The van der Waals surface area contributed by atoms with E-state index in [0.29, 0.717) is 12.0 Å². The van der Waals surface area contributed by atoms with Gasteiger partial charge in [0.15, 0.2) is 0 Å². The molecule has 0 heterocycles. The highest BCUT2D eigenvalue weighted by atomic mass is 16.5. The second-order valence-corrected chi connectivity index (χ2v) is 5.51. The molecule has 16 heavy (non-hydrogen) atoms. The Balaban J connectivity index is 2.19. The molecule has 2 atom stereocenters. The summed E-state index contributed by atoms with van der Waals surface area (Å²) in [7, 11) is 1.78. The first kappa shape index (κ1) is 14.0. The van der Waals surface area contributed by atoms with Crippen LogP contribution in [0.25, 0.3) is 0 Å². The van der Waals surface area contributed by atoms with Gasteiger partial charge in [0, 0.05) is 26.3 Å². The van der Waals surface area contributed by atoms with E-state index in [0.717, 1.165) is 19.1 Å². The van der Waals surface area contributed by atoms with Crippen molar-refractivity contribution in [2.75, 3.05) is 20.3 Å². The molecule has 1 aliphatic carbocycles. The van der Waals surface area contributed by atoms with Crippen LogP contribution in [0.5, 0.6) is 0 Å². The first-order valence-corrected chi connectivity index (χ1v) is 6.96. The van der Waals surface area contributed by atoms with Gasteiger partial charge in [-0.15, -0.1) is 0 Å². The highest BCUT2D eigenvalue weighted by Crippen LogP contribution is 2.25. The molecule has 0 aromatic rings. The molecule has 1 unspecified atom stereocenters. The van der Waals surface area contributed by atoms with Crippen molar-refractivity contribution in [3.63, 3.8) is 0 Å². The lowest BCUT2D eigenvalue weighted by Gasteiger charge is -2.25. The van der Waals surface area contributed by atoms with E-state index in [1.165, 1.54) is 38.5 Å². The third-order valence-corrected chi connectivity index (χ3v) is 3.85. The van der Waals surface area contributed by atoms with Gasteiger partial charge in [-0.25, -0.2) is 0 Å². The number of hydrogen-bond donors (Lipinski definition) is 1. The molecule has 1 saturated carbocycles. The van der Waals surface area contributed by atoms with Crippen molar-refractivity contribution in [2.45, 2.75) is 58.4 Å². The van der Waals surface area contributed by atoms with Crippen LogP contribution in [0.4, 0.5) is 0 Å². The van der Waals surface area contributed by atoms with E-state index in [-0.39, 0.29) is 0 Å². The van der Waals surface area contributed by atoms with Gasteiger partial charge >= 0.3 is 0 Å². The van der Waals surface area contributed by atoms with Gasteiger partial charge in [0.25, 0.3) is 0 Å². The van der Waals surface area contributed by atoms with Gasteiger partial charge in [-0.3, -0.25) is 0 Å². The van der Waals surface area contributed by atoms with E-state index >= 15 is 0 Å². The number of hydrogen-bond acceptors (Lipinski definition) is 2. The molecular formula is C14H29NO. The van der Waals surface area contributed by atoms with Crippen LogP contribution >= 0.6 is 0 Å². The van der Waals surface area contributed by atoms with Crippen molar-refractivity contribution in [3.05, 3.63) is 0 Å². The van der Waals surface area contributed by atoms with E-state index in [4.69, 9.17) is 4.74 Å². The van der Waals surface area contributed by atoms with Crippen LogP contribution in [-0.2, 0) is 4.74 Å². The second kappa shape index (κ2) is 8.08. The molecule has 0 aromatic carbocycles. The Hall–Kier alpha value is -0.0800. The summed E-state index contributed by atoms with van der Waals surface area (Å²) in [6, 6.07) is 0.678. The third-order valence-electron chi connectivity index (χ3n) is 3.85. The predicted octanol–water partition coefficient (Wildman–Crippen LogP) is 3.22. The van der Waals surface area contributed by atoms with Gasteiger partial charge in [-0.2, -0.15) is 0 Å². The van der Waals surface area contributed by atoms with E-state index < -0.39 is 0 Å². The van der Waals surface area contributed by atoms with Crippen molar-refractivity contribution < 1.29 is 4.74 Å². The summed E-state index contributed by atoms with van der Waals surface area (Å²) in [6.45, 7) is 6.56. The molecule has 96 valence electrons. The minimum atomic E-state index is 0.623. The number of methoxy groups -OCH3 is 1. The molecule has 0 saturated heterocycles. The van der Waals surface area contributed by atoms with Crippen molar-refractivity contribution >= 4 is 0 Å². The Morgan fingerprint density at radius 2 is 1.75 bits per heavy atom. The highest BCUT2D eigenvalue weighted by Gasteiger charge is 2.18. The molecule has 2 nitrogen and oxygen atoms in total. The quantitative estimate of drug-likeness (QED) is 0.704. The summed E-state index contributed by atoms with van der Waals surface area (Å²) in [6.07, 6.45) is 8.61. The van der Waals surface area contributed by atoms with Gasteiger partial charge in [0.2, 0.25) is 0 Å². The Bertz CT molecular complexity index is 164. The molecule has 0 amide bonds. The smallest absolute Gasteiger partial charge is 0.0499 e. The van der Waals surface area contributed by atoms with Gasteiger partial charge in [-0.1, -0.05) is 32.6 Å². The first-order valence-electron chi connectivity index (χ1n) is 6.96. The zero-order chi connectivity index (χ0) is 11.8. The molecule has 1 N–H and O–H groups in total. The second-order valence-electron chi connectivity index (χ2n) is 5.51. The summed E-state index contributed by atoms with van der Waals surface area (Å²) >= 11 is 0. The Morgan fingerprint density at radius 1 is 1.12 bits per heavy atom. The van der Waals surface area contributed by atoms with Gasteiger partial charge in [0.1, 0.15) is 0 Å². The van der Waals surface area contributed by atoms with Crippen LogP contribution in [0.2, 0.25) is 0 Å². The van der Waals surface area contributed by atoms with Crippen LogP contribution in [0.15, 0.2) is 0 Å². The van der Waals surface area contributed by atoms with Crippen LogP contribution in [0.1, 0.15) is 52.4 Å². The van der Waals surface area contributed by atoms with E-state index in [9.17, 15) is 0 Å². The van der Waals surface area contributed by atoms with Crippen molar-refractivity contribution in [2.24, 2.45) is 11.8 Å². The van der Waals surface area contributed by atoms with Crippen LogP contribution in [0.3, 0.4) is 0 Å². The van der Waals surface area contributed by atoms with E-state index in [2.05, 4.69) is 19.2 Å². The summed E-state index contributed by atoms with van der Waals surface area (Å²) in [5.41, 5.74) is 0. The summed E-state index contributed by atoms with van der Waals surface area (Å²) < 4.78 is 5.16. The molecule has 0 spiro atoms. The molecule has 0 aliphatic heterocycles. The Kier molecular flexibility index (Phi) is 7.06. The Morgan fingerprint density at radius 3 is 2.31 bits per heavy atom. The fourth-order valence-corrected chi connectivity index (χ4v) is 2.71. The molecule has 0 aromatic heterocycles. The largest absolute Gasteiger partial charge is 0.384 e. The first-order chi connectivity index (χ1) is 7.74. The maximum atomic E-state index is 5.16. The fourth-order valence-electron chi connectivity index (χ4n) is 2.71. The average molecular weight is 227 g/mol. The minimum Gasteiger partial charge on any atom is -0.384 e.